The number of amides is 1. The number of H-pyrrole nitrogens is 1. The van der Waals surface area contributed by atoms with E-state index in [-0.39, 0.29) is 18.3 Å². The number of rotatable bonds is 5. The average Bonchev–Trinajstić information content (AvgIpc) is 3.02. The van der Waals surface area contributed by atoms with E-state index in [9.17, 15) is 14.3 Å². The van der Waals surface area contributed by atoms with Gasteiger partial charge in [0.25, 0.3) is 0 Å². The van der Waals surface area contributed by atoms with Crippen LogP contribution in [-0.4, -0.2) is 46.2 Å². The fourth-order valence-corrected chi connectivity index (χ4v) is 3.87. The molecule has 152 valence electrons. The SMILES string of the molecule is O=C(Cc1c[nH]c2ccccc12)N1CCCC(O)(COc2ccc(F)cc2)CC1. The minimum Gasteiger partial charge on any atom is -0.491 e. The molecule has 1 saturated heterocycles. The number of hydrogen-bond acceptors (Lipinski definition) is 3. The fraction of sp³-hybridized carbons (Fsp3) is 0.348. The first-order valence-electron chi connectivity index (χ1n) is 9.96. The summed E-state index contributed by atoms with van der Waals surface area (Å²) in [5.74, 6) is 0.268. The normalized spacial score (nSPS) is 19.9. The van der Waals surface area contributed by atoms with Crippen molar-refractivity contribution in [2.45, 2.75) is 31.3 Å². The van der Waals surface area contributed by atoms with Gasteiger partial charge in [0.1, 0.15) is 23.8 Å². The van der Waals surface area contributed by atoms with Gasteiger partial charge < -0.3 is 19.7 Å². The number of halogens is 1. The molecular formula is C23H25FN2O3. The van der Waals surface area contributed by atoms with Gasteiger partial charge in [-0.1, -0.05) is 18.2 Å². The summed E-state index contributed by atoms with van der Waals surface area (Å²) in [7, 11) is 0. The molecule has 29 heavy (non-hydrogen) atoms. The summed E-state index contributed by atoms with van der Waals surface area (Å²) in [5, 5.41) is 12.0. The molecule has 5 nitrogen and oxygen atoms in total. The average molecular weight is 396 g/mol. The van der Waals surface area contributed by atoms with Crippen LogP contribution in [0, 0.1) is 5.82 Å². The third kappa shape index (κ3) is 4.59. The van der Waals surface area contributed by atoms with E-state index in [1.165, 1.54) is 12.1 Å². The van der Waals surface area contributed by atoms with Crippen LogP contribution in [0.1, 0.15) is 24.8 Å². The molecule has 1 unspecified atom stereocenters. The number of aromatic amines is 1. The first-order chi connectivity index (χ1) is 14.0. The van der Waals surface area contributed by atoms with E-state index in [1.807, 2.05) is 35.4 Å². The number of nitrogens with zero attached hydrogens (tertiary/aromatic N) is 1. The zero-order chi connectivity index (χ0) is 20.3. The predicted octanol–water partition coefficient (Wildman–Crippen LogP) is 3.67. The number of likely N-dealkylation sites (tertiary alicyclic amines) is 1. The van der Waals surface area contributed by atoms with Crippen molar-refractivity contribution in [1.29, 1.82) is 0 Å². The number of nitrogens with one attached hydrogen (secondary N) is 1. The lowest BCUT2D eigenvalue weighted by Crippen LogP contribution is -2.38. The maximum absolute atomic E-state index is 13.0. The largest absolute Gasteiger partial charge is 0.491 e. The van der Waals surface area contributed by atoms with E-state index < -0.39 is 5.60 Å². The van der Waals surface area contributed by atoms with Gasteiger partial charge in [-0.3, -0.25) is 4.79 Å². The molecule has 0 aliphatic carbocycles. The highest BCUT2D eigenvalue weighted by atomic mass is 19.1. The van der Waals surface area contributed by atoms with Crippen LogP contribution in [0.2, 0.25) is 0 Å². The van der Waals surface area contributed by atoms with E-state index in [2.05, 4.69) is 4.98 Å². The van der Waals surface area contributed by atoms with E-state index in [0.717, 1.165) is 16.5 Å². The molecule has 1 aromatic heterocycles. The Morgan fingerprint density at radius 1 is 1.14 bits per heavy atom. The van der Waals surface area contributed by atoms with Crippen molar-refractivity contribution in [3.8, 4) is 5.75 Å². The van der Waals surface area contributed by atoms with Crippen LogP contribution in [0.4, 0.5) is 4.39 Å². The third-order valence-corrected chi connectivity index (χ3v) is 5.61. The topological polar surface area (TPSA) is 65.6 Å². The predicted molar refractivity (Wildman–Crippen MR) is 109 cm³/mol. The Morgan fingerprint density at radius 3 is 2.76 bits per heavy atom. The van der Waals surface area contributed by atoms with E-state index in [4.69, 9.17) is 4.74 Å². The molecule has 1 fully saturated rings. The Kier molecular flexibility index (Phi) is 5.53. The van der Waals surface area contributed by atoms with Gasteiger partial charge in [-0.15, -0.1) is 0 Å². The summed E-state index contributed by atoms with van der Waals surface area (Å²) >= 11 is 0. The molecule has 0 saturated carbocycles. The Bertz CT molecular complexity index is 985. The van der Waals surface area contributed by atoms with Crippen LogP contribution in [0.5, 0.6) is 5.75 Å². The molecule has 1 aliphatic rings. The zero-order valence-electron chi connectivity index (χ0n) is 16.2. The molecule has 2 aromatic carbocycles. The number of carbonyl (C=O) groups excluding carboxylic acids is 1. The van der Waals surface area contributed by atoms with Gasteiger partial charge in [-0.2, -0.15) is 0 Å². The monoisotopic (exact) mass is 396 g/mol. The van der Waals surface area contributed by atoms with Crippen molar-refractivity contribution >= 4 is 16.8 Å². The van der Waals surface area contributed by atoms with Crippen LogP contribution >= 0.6 is 0 Å². The van der Waals surface area contributed by atoms with Crippen LogP contribution < -0.4 is 4.74 Å². The maximum atomic E-state index is 13.0. The van der Waals surface area contributed by atoms with E-state index >= 15 is 0 Å². The Labute approximate surface area is 169 Å². The van der Waals surface area contributed by atoms with E-state index in [1.54, 1.807) is 12.1 Å². The van der Waals surface area contributed by atoms with Gasteiger partial charge in [0, 0.05) is 30.2 Å². The van der Waals surface area contributed by atoms with Gasteiger partial charge in [0.2, 0.25) is 5.91 Å². The van der Waals surface area contributed by atoms with Crippen LogP contribution in [-0.2, 0) is 11.2 Å². The number of fused-ring (bicyclic) bond motifs is 1. The van der Waals surface area contributed by atoms with Gasteiger partial charge in [0.15, 0.2) is 0 Å². The lowest BCUT2D eigenvalue weighted by molar-refractivity contribution is -0.130. The highest BCUT2D eigenvalue weighted by molar-refractivity contribution is 5.88. The quantitative estimate of drug-likeness (QED) is 0.692. The Balaban J connectivity index is 1.35. The van der Waals surface area contributed by atoms with Gasteiger partial charge in [-0.05, 0) is 55.2 Å². The second-order valence-corrected chi connectivity index (χ2v) is 7.74. The minimum absolute atomic E-state index is 0.0680. The van der Waals surface area contributed by atoms with Crippen molar-refractivity contribution in [2.75, 3.05) is 19.7 Å². The summed E-state index contributed by atoms with van der Waals surface area (Å²) in [4.78, 5) is 17.9. The van der Waals surface area contributed by atoms with Crippen molar-refractivity contribution in [2.24, 2.45) is 0 Å². The maximum Gasteiger partial charge on any atom is 0.227 e. The van der Waals surface area contributed by atoms with Crippen molar-refractivity contribution in [3.05, 3.63) is 66.1 Å². The van der Waals surface area contributed by atoms with E-state index in [0.29, 0.717) is 44.5 Å². The van der Waals surface area contributed by atoms with Crippen LogP contribution in [0.3, 0.4) is 0 Å². The summed E-state index contributed by atoms with van der Waals surface area (Å²) < 4.78 is 18.7. The van der Waals surface area contributed by atoms with Crippen molar-refractivity contribution < 1.29 is 19.0 Å². The summed E-state index contributed by atoms with van der Waals surface area (Å²) in [6, 6.07) is 13.7. The molecule has 3 aromatic rings. The summed E-state index contributed by atoms with van der Waals surface area (Å²) in [6.45, 7) is 1.24. The van der Waals surface area contributed by atoms with Gasteiger partial charge >= 0.3 is 0 Å². The van der Waals surface area contributed by atoms with Crippen LogP contribution in [0.25, 0.3) is 10.9 Å². The standard InChI is InChI=1S/C23H25FN2O3/c24-18-6-8-19(9-7-18)29-16-23(28)10-3-12-26(13-11-23)22(27)14-17-15-25-21-5-2-1-4-20(17)21/h1-2,4-9,15,25,28H,3,10-14,16H2. The van der Waals surface area contributed by atoms with Crippen LogP contribution in [0.15, 0.2) is 54.7 Å². The number of para-hydroxylation sites is 1. The molecule has 1 aliphatic heterocycles. The number of benzene rings is 2. The summed E-state index contributed by atoms with van der Waals surface area (Å²) in [5.41, 5.74) is 1.02. The molecular weight excluding hydrogens is 371 g/mol. The van der Waals surface area contributed by atoms with Gasteiger partial charge in [0.05, 0.1) is 6.42 Å². The Hall–Kier alpha value is -2.86. The molecule has 0 radical (unpaired) electrons. The number of ether oxygens (including phenoxy) is 1. The lowest BCUT2D eigenvalue weighted by atomic mass is 9.96. The molecule has 0 bridgehead atoms. The Morgan fingerprint density at radius 2 is 1.93 bits per heavy atom. The molecule has 2 heterocycles. The highest BCUT2D eigenvalue weighted by Gasteiger charge is 2.32. The molecule has 4 rings (SSSR count). The van der Waals surface area contributed by atoms with Gasteiger partial charge in [-0.25, -0.2) is 4.39 Å². The molecule has 6 heteroatoms. The number of aliphatic hydroxyl groups is 1. The zero-order valence-corrected chi connectivity index (χ0v) is 16.2. The third-order valence-electron chi connectivity index (χ3n) is 5.61. The molecule has 0 spiro atoms. The highest BCUT2D eigenvalue weighted by Crippen LogP contribution is 2.25. The smallest absolute Gasteiger partial charge is 0.227 e. The first-order valence-corrected chi connectivity index (χ1v) is 9.96. The first kappa shape index (κ1) is 19.5. The second kappa shape index (κ2) is 8.25. The molecule has 1 amide bonds. The number of hydrogen-bond donors (Lipinski definition) is 2. The second-order valence-electron chi connectivity index (χ2n) is 7.74. The fourth-order valence-electron chi connectivity index (χ4n) is 3.87. The van der Waals surface area contributed by atoms with Crippen molar-refractivity contribution in [1.82, 2.24) is 9.88 Å². The summed E-state index contributed by atoms with van der Waals surface area (Å²) in [6.07, 6.45) is 3.96. The lowest BCUT2D eigenvalue weighted by Gasteiger charge is -2.27. The molecule has 2 N–H and O–H groups in total. The molecule has 1 atom stereocenters. The minimum atomic E-state index is -0.996. The van der Waals surface area contributed by atoms with Crippen molar-refractivity contribution in [3.63, 3.8) is 0 Å². The number of carbonyl (C=O) groups is 1. The number of aromatic nitrogens is 1.